The number of hydrogen-bond acceptors (Lipinski definition) is 1. The van der Waals surface area contributed by atoms with Crippen molar-refractivity contribution in [1.82, 2.24) is 5.32 Å². The van der Waals surface area contributed by atoms with Crippen molar-refractivity contribution in [2.75, 3.05) is 13.1 Å². The van der Waals surface area contributed by atoms with Gasteiger partial charge in [-0.2, -0.15) is 0 Å². The van der Waals surface area contributed by atoms with Crippen LogP contribution in [-0.2, 0) is 0 Å². The summed E-state index contributed by atoms with van der Waals surface area (Å²) in [7, 11) is 0. The lowest BCUT2D eigenvalue weighted by atomic mass is 9.96. The molecule has 0 aromatic heterocycles. The first-order valence-corrected chi connectivity index (χ1v) is 5.12. The first kappa shape index (κ1) is 7.60. The second-order valence-electron chi connectivity index (χ2n) is 4.17. The molecule has 11 heavy (non-hydrogen) atoms. The molecule has 0 aromatic carbocycles. The van der Waals surface area contributed by atoms with Crippen molar-refractivity contribution in [3.63, 3.8) is 0 Å². The third kappa shape index (κ3) is 1.58. The van der Waals surface area contributed by atoms with Crippen LogP contribution in [0.4, 0.5) is 0 Å². The minimum atomic E-state index is 1.00. The molecule has 0 amide bonds. The smallest absolute Gasteiger partial charge is 0.00179 e. The lowest BCUT2D eigenvalue weighted by Crippen LogP contribution is -2.27. The fourth-order valence-corrected chi connectivity index (χ4v) is 2.56. The SMILES string of the molecule is CCC1CNCCCC2CC12. The zero-order valence-electron chi connectivity index (χ0n) is 7.47. The molecule has 1 heteroatoms. The third-order valence-corrected chi connectivity index (χ3v) is 3.44. The van der Waals surface area contributed by atoms with E-state index in [4.69, 9.17) is 0 Å². The molecule has 3 unspecified atom stereocenters. The fraction of sp³-hybridized carbons (Fsp3) is 1.00. The van der Waals surface area contributed by atoms with Gasteiger partial charge < -0.3 is 5.32 Å². The molecule has 0 spiro atoms. The molecular formula is C10H19N. The van der Waals surface area contributed by atoms with Crippen LogP contribution in [0.2, 0.25) is 0 Å². The molecule has 1 aliphatic carbocycles. The Morgan fingerprint density at radius 3 is 3.18 bits per heavy atom. The van der Waals surface area contributed by atoms with E-state index in [2.05, 4.69) is 12.2 Å². The normalized spacial score (nSPS) is 43.9. The Labute approximate surface area is 69.6 Å². The van der Waals surface area contributed by atoms with Crippen molar-refractivity contribution in [3.05, 3.63) is 0 Å². The lowest BCUT2D eigenvalue weighted by molar-refractivity contribution is 0.363. The van der Waals surface area contributed by atoms with Crippen LogP contribution < -0.4 is 5.32 Å². The summed E-state index contributed by atoms with van der Waals surface area (Å²) in [5, 5.41) is 3.55. The maximum atomic E-state index is 3.55. The summed E-state index contributed by atoms with van der Waals surface area (Å²) in [5.41, 5.74) is 0. The minimum absolute atomic E-state index is 1.00. The van der Waals surface area contributed by atoms with E-state index in [-0.39, 0.29) is 0 Å². The van der Waals surface area contributed by atoms with Gasteiger partial charge in [0, 0.05) is 0 Å². The summed E-state index contributed by atoms with van der Waals surface area (Å²) in [6.45, 7) is 4.89. The molecule has 1 heterocycles. The largest absolute Gasteiger partial charge is 0.316 e. The Kier molecular flexibility index (Phi) is 2.17. The van der Waals surface area contributed by atoms with Crippen molar-refractivity contribution in [1.29, 1.82) is 0 Å². The van der Waals surface area contributed by atoms with E-state index in [1.165, 1.54) is 32.4 Å². The predicted molar refractivity (Wildman–Crippen MR) is 47.5 cm³/mol. The summed E-state index contributed by atoms with van der Waals surface area (Å²) in [6.07, 6.45) is 5.83. The van der Waals surface area contributed by atoms with E-state index < -0.39 is 0 Å². The van der Waals surface area contributed by atoms with Crippen LogP contribution in [0.3, 0.4) is 0 Å². The van der Waals surface area contributed by atoms with Crippen molar-refractivity contribution >= 4 is 0 Å². The van der Waals surface area contributed by atoms with Crippen molar-refractivity contribution in [2.45, 2.75) is 32.6 Å². The molecule has 64 valence electrons. The Morgan fingerprint density at radius 2 is 2.36 bits per heavy atom. The molecule has 2 fully saturated rings. The van der Waals surface area contributed by atoms with Crippen molar-refractivity contribution in [2.24, 2.45) is 17.8 Å². The van der Waals surface area contributed by atoms with Crippen LogP contribution in [0.5, 0.6) is 0 Å². The first-order chi connectivity index (χ1) is 5.42. The van der Waals surface area contributed by atoms with Crippen LogP contribution in [-0.4, -0.2) is 13.1 Å². The van der Waals surface area contributed by atoms with E-state index >= 15 is 0 Å². The van der Waals surface area contributed by atoms with Gasteiger partial charge in [0.1, 0.15) is 0 Å². The monoisotopic (exact) mass is 153 g/mol. The molecule has 3 atom stereocenters. The van der Waals surface area contributed by atoms with Gasteiger partial charge in [-0.15, -0.1) is 0 Å². The maximum Gasteiger partial charge on any atom is -0.00179 e. The highest BCUT2D eigenvalue weighted by atomic mass is 14.9. The first-order valence-electron chi connectivity index (χ1n) is 5.12. The van der Waals surface area contributed by atoms with Crippen molar-refractivity contribution < 1.29 is 0 Å². The van der Waals surface area contributed by atoms with E-state index in [1.807, 2.05) is 0 Å². The van der Waals surface area contributed by atoms with E-state index in [9.17, 15) is 0 Å². The molecule has 1 saturated carbocycles. The topological polar surface area (TPSA) is 12.0 Å². The molecule has 0 radical (unpaired) electrons. The van der Waals surface area contributed by atoms with Gasteiger partial charge in [0.15, 0.2) is 0 Å². The summed E-state index contributed by atoms with van der Waals surface area (Å²) in [6, 6.07) is 0. The second kappa shape index (κ2) is 3.14. The molecule has 1 aliphatic heterocycles. The van der Waals surface area contributed by atoms with E-state index in [1.54, 1.807) is 6.42 Å². The van der Waals surface area contributed by atoms with Crippen LogP contribution >= 0.6 is 0 Å². The van der Waals surface area contributed by atoms with Crippen LogP contribution in [0.15, 0.2) is 0 Å². The van der Waals surface area contributed by atoms with Gasteiger partial charge in [0.05, 0.1) is 0 Å². The van der Waals surface area contributed by atoms with Gasteiger partial charge in [0.25, 0.3) is 0 Å². The van der Waals surface area contributed by atoms with E-state index in [0.29, 0.717) is 0 Å². The predicted octanol–water partition coefficient (Wildman–Crippen LogP) is 2.03. The maximum absolute atomic E-state index is 3.55. The van der Waals surface area contributed by atoms with E-state index in [0.717, 1.165) is 17.8 Å². The number of nitrogens with one attached hydrogen (secondary N) is 1. The number of hydrogen-bond donors (Lipinski definition) is 1. The standard InChI is InChI=1S/C10H19N/c1-2-8-7-11-5-3-4-9-6-10(8)9/h8-11H,2-7H2,1H3. The summed E-state index contributed by atoms with van der Waals surface area (Å²) >= 11 is 0. The summed E-state index contributed by atoms with van der Waals surface area (Å²) < 4.78 is 0. The molecule has 2 aliphatic rings. The quantitative estimate of drug-likeness (QED) is 0.608. The van der Waals surface area contributed by atoms with Gasteiger partial charge in [-0.3, -0.25) is 0 Å². The van der Waals surface area contributed by atoms with Crippen LogP contribution in [0, 0.1) is 17.8 Å². The molecular weight excluding hydrogens is 134 g/mol. The molecule has 2 rings (SSSR count). The highest BCUT2D eigenvalue weighted by Gasteiger charge is 2.41. The van der Waals surface area contributed by atoms with Crippen molar-refractivity contribution in [3.8, 4) is 0 Å². The van der Waals surface area contributed by atoms with Gasteiger partial charge in [-0.05, 0) is 50.1 Å². The Hall–Kier alpha value is -0.0400. The fourth-order valence-electron chi connectivity index (χ4n) is 2.56. The molecule has 1 N–H and O–H groups in total. The number of rotatable bonds is 1. The van der Waals surface area contributed by atoms with Gasteiger partial charge in [-0.1, -0.05) is 13.3 Å². The highest BCUT2D eigenvalue weighted by Crippen LogP contribution is 2.48. The van der Waals surface area contributed by atoms with Crippen LogP contribution in [0.25, 0.3) is 0 Å². The molecule has 0 bridgehead atoms. The highest BCUT2D eigenvalue weighted by molar-refractivity contribution is 4.92. The average Bonchev–Trinajstić information content (AvgIpc) is 2.69. The summed E-state index contributed by atoms with van der Waals surface area (Å²) in [4.78, 5) is 0. The van der Waals surface area contributed by atoms with Gasteiger partial charge in [0.2, 0.25) is 0 Å². The van der Waals surface area contributed by atoms with Gasteiger partial charge in [-0.25, -0.2) is 0 Å². The Balaban J connectivity index is 1.88. The zero-order chi connectivity index (χ0) is 7.68. The average molecular weight is 153 g/mol. The Bertz CT molecular complexity index is 133. The summed E-state index contributed by atoms with van der Waals surface area (Å²) in [5.74, 6) is 3.23. The minimum Gasteiger partial charge on any atom is -0.316 e. The Morgan fingerprint density at radius 1 is 1.45 bits per heavy atom. The molecule has 0 aromatic rings. The van der Waals surface area contributed by atoms with Gasteiger partial charge >= 0.3 is 0 Å². The second-order valence-corrected chi connectivity index (χ2v) is 4.17. The lowest BCUT2D eigenvalue weighted by Gasteiger charge is -2.18. The number of fused-ring (bicyclic) bond motifs is 1. The van der Waals surface area contributed by atoms with Crippen LogP contribution in [0.1, 0.15) is 32.6 Å². The molecule has 1 nitrogen and oxygen atoms in total. The zero-order valence-corrected chi connectivity index (χ0v) is 7.47. The third-order valence-electron chi connectivity index (χ3n) is 3.44. The molecule has 1 saturated heterocycles.